The Bertz CT molecular complexity index is 1240. The molecule has 5 rings (SSSR count). The van der Waals surface area contributed by atoms with E-state index in [9.17, 15) is 0 Å². The van der Waals surface area contributed by atoms with Crippen molar-refractivity contribution in [1.29, 1.82) is 0 Å². The lowest BCUT2D eigenvalue weighted by atomic mass is 10.1. The molecule has 1 aliphatic rings. The Balaban J connectivity index is 1.38. The van der Waals surface area contributed by atoms with E-state index < -0.39 is 0 Å². The Morgan fingerprint density at radius 1 is 1.27 bits per heavy atom. The third-order valence-corrected chi connectivity index (χ3v) is 5.61. The molecular weight excluding hydrogens is 418 g/mol. The molecule has 1 saturated heterocycles. The van der Waals surface area contributed by atoms with E-state index in [1.807, 2.05) is 46.8 Å². The summed E-state index contributed by atoms with van der Waals surface area (Å²) in [5.74, 6) is 1.51. The van der Waals surface area contributed by atoms with Crippen molar-refractivity contribution in [3.63, 3.8) is 0 Å². The number of fused-ring (bicyclic) bond motifs is 1. The number of nitrogens with zero attached hydrogens (tertiary/aromatic N) is 5. The van der Waals surface area contributed by atoms with E-state index in [-0.39, 0.29) is 6.10 Å². The molecule has 33 heavy (non-hydrogen) atoms. The second-order valence-corrected chi connectivity index (χ2v) is 8.57. The quantitative estimate of drug-likeness (QED) is 0.447. The van der Waals surface area contributed by atoms with Gasteiger partial charge in [-0.3, -0.25) is 9.67 Å². The third kappa shape index (κ3) is 4.84. The Hall–Kier alpha value is -3.43. The van der Waals surface area contributed by atoms with Gasteiger partial charge in [-0.25, -0.2) is 4.52 Å². The maximum absolute atomic E-state index is 6.13. The summed E-state index contributed by atoms with van der Waals surface area (Å²) in [6.07, 6.45) is 7.58. The van der Waals surface area contributed by atoms with Crippen LogP contribution in [0.2, 0.25) is 0 Å². The smallest absolute Gasteiger partial charge is 0.153 e. The Morgan fingerprint density at radius 2 is 2.18 bits per heavy atom. The first-order valence-corrected chi connectivity index (χ1v) is 11.3. The van der Waals surface area contributed by atoms with Crippen molar-refractivity contribution < 1.29 is 9.47 Å². The molecule has 1 fully saturated rings. The van der Waals surface area contributed by atoms with Crippen LogP contribution in [0.5, 0.6) is 5.75 Å². The lowest BCUT2D eigenvalue weighted by Crippen LogP contribution is -2.41. The Labute approximate surface area is 192 Å². The van der Waals surface area contributed by atoms with E-state index in [1.165, 1.54) is 0 Å². The Morgan fingerprint density at radius 3 is 2.97 bits per heavy atom. The van der Waals surface area contributed by atoms with Gasteiger partial charge in [-0.05, 0) is 44.5 Å². The van der Waals surface area contributed by atoms with Gasteiger partial charge in [0, 0.05) is 48.8 Å². The van der Waals surface area contributed by atoms with Gasteiger partial charge in [0.15, 0.2) is 5.82 Å². The zero-order valence-electron chi connectivity index (χ0n) is 19.2. The maximum Gasteiger partial charge on any atom is 0.153 e. The molecule has 9 nitrogen and oxygen atoms in total. The van der Waals surface area contributed by atoms with Gasteiger partial charge in [-0.15, -0.1) is 0 Å². The minimum atomic E-state index is 0.0406. The molecule has 4 aromatic heterocycles. The molecule has 5 heterocycles. The fourth-order valence-corrected chi connectivity index (χ4v) is 3.85. The average Bonchev–Trinajstić information content (AvgIpc) is 3.45. The second kappa shape index (κ2) is 9.21. The summed E-state index contributed by atoms with van der Waals surface area (Å²) in [5.41, 5.74) is 4.87. The van der Waals surface area contributed by atoms with Crippen molar-refractivity contribution in [1.82, 2.24) is 29.7 Å². The summed E-state index contributed by atoms with van der Waals surface area (Å²) >= 11 is 0. The van der Waals surface area contributed by atoms with Gasteiger partial charge < -0.3 is 20.1 Å². The average molecular weight is 448 g/mol. The van der Waals surface area contributed by atoms with Crippen molar-refractivity contribution in [3.05, 3.63) is 54.7 Å². The number of anilines is 2. The number of hydrogen-bond donors (Lipinski definition) is 2. The monoisotopic (exact) mass is 447 g/mol. The fourth-order valence-electron chi connectivity index (χ4n) is 3.85. The van der Waals surface area contributed by atoms with Crippen LogP contribution >= 0.6 is 0 Å². The van der Waals surface area contributed by atoms with Crippen LogP contribution in [-0.2, 0) is 4.74 Å². The summed E-state index contributed by atoms with van der Waals surface area (Å²) in [5, 5.41) is 15.7. The molecule has 2 N–H and O–H groups in total. The molecule has 1 aliphatic heterocycles. The highest BCUT2D eigenvalue weighted by Crippen LogP contribution is 2.31. The molecule has 0 saturated carbocycles. The number of ether oxygens (including phenoxy) is 2. The fraction of sp³-hybridized carbons (Fsp3) is 0.375. The Kier molecular flexibility index (Phi) is 5.97. The number of pyridine rings is 2. The highest BCUT2D eigenvalue weighted by atomic mass is 16.5. The number of rotatable bonds is 7. The lowest BCUT2D eigenvalue weighted by molar-refractivity contribution is 0.000245. The molecule has 4 aromatic rings. The topological polar surface area (TPSA) is 90.5 Å². The van der Waals surface area contributed by atoms with E-state index in [1.54, 1.807) is 6.20 Å². The summed E-state index contributed by atoms with van der Waals surface area (Å²) in [6, 6.07) is 8.53. The predicted molar refractivity (Wildman–Crippen MR) is 127 cm³/mol. The van der Waals surface area contributed by atoms with E-state index >= 15 is 0 Å². The van der Waals surface area contributed by atoms with E-state index in [4.69, 9.17) is 9.47 Å². The number of aromatic nitrogens is 5. The minimum absolute atomic E-state index is 0.0406. The van der Waals surface area contributed by atoms with Gasteiger partial charge in [-0.2, -0.15) is 10.2 Å². The molecule has 0 bridgehead atoms. The van der Waals surface area contributed by atoms with E-state index in [0.717, 1.165) is 52.7 Å². The summed E-state index contributed by atoms with van der Waals surface area (Å²) < 4.78 is 15.7. The zero-order valence-corrected chi connectivity index (χ0v) is 19.2. The molecule has 0 unspecified atom stereocenters. The molecule has 0 spiro atoms. The molecule has 0 amide bonds. The van der Waals surface area contributed by atoms with Crippen LogP contribution in [0.25, 0.3) is 16.6 Å². The summed E-state index contributed by atoms with van der Waals surface area (Å²) in [7, 11) is 0. The minimum Gasteiger partial charge on any atom is -0.489 e. The largest absolute Gasteiger partial charge is 0.489 e. The van der Waals surface area contributed by atoms with Gasteiger partial charge >= 0.3 is 0 Å². The normalized spacial score (nSPS) is 16.4. The van der Waals surface area contributed by atoms with Gasteiger partial charge in [0.1, 0.15) is 18.5 Å². The van der Waals surface area contributed by atoms with Crippen LogP contribution in [0.3, 0.4) is 0 Å². The molecule has 1 atom stereocenters. The highest BCUT2D eigenvalue weighted by Gasteiger charge is 2.16. The van der Waals surface area contributed by atoms with Crippen LogP contribution in [0.4, 0.5) is 11.5 Å². The van der Waals surface area contributed by atoms with Crippen molar-refractivity contribution in [2.75, 3.05) is 31.6 Å². The second-order valence-electron chi connectivity index (χ2n) is 8.57. The summed E-state index contributed by atoms with van der Waals surface area (Å²) in [6.45, 7) is 9.05. The first-order chi connectivity index (χ1) is 16.0. The number of nitrogens with one attached hydrogen (secondary N) is 2. The maximum atomic E-state index is 6.13. The molecule has 0 aromatic carbocycles. The standard InChI is InChI=1S/C24H29N7O2/c1-16(2)31-14-19(11-27-31)28-24-10-20-9-18(4-6-30(20)29-24)22-8-17(3)26-13-23(22)33-15-21-12-25-5-7-32-21/h4,6,8-11,13-14,16,21,25H,5,7,12,15H2,1-3H3,(H,28,29)/t21-/m0/s1. The highest BCUT2D eigenvalue weighted by molar-refractivity contribution is 5.75. The number of morpholine rings is 1. The predicted octanol–water partition coefficient (Wildman–Crippen LogP) is 3.59. The van der Waals surface area contributed by atoms with Crippen molar-refractivity contribution in [2.45, 2.75) is 32.9 Å². The molecule has 172 valence electrons. The van der Waals surface area contributed by atoms with Gasteiger partial charge in [0.05, 0.1) is 30.2 Å². The summed E-state index contributed by atoms with van der Waals surface area (Å²) in [4.78, 5) is 4.44. The van der Waals surface area contributed by atoms with Crippen molar-refractivity contribution in [3.8, 4) is 16.9 Å². The lowest BCUT2D eigenvalue weighted by Gasteiger charge is -2.24. The van der Waals surface area contributed by atoms with Crippen molar-refractivity contribution in [2.24, 2.45) is 0 Å². The zero-order chi connectivity index (χ0) is 22.8. The molecule has 9 heteroatoms. The number of hydrogen-bond acceptors (Lipinski definition) is 7. The van der Waals surface area contributed by atoms with Crippen LogP contribution in [0.1, 0.15) is 25.6 Å². The van der Waals surface area contributed by atoms with Crippen LogP contribution in [-0.4, -0.2) is 56.8 Å². The van der Waals surface area contributed by atoms with Crippen LogP contribution in [0.15, 0.2) is 49.1 Å². The van der Waals surface area contributed by atoms with E-state index in [0.29, 0.717) is 19.3 Å². The number of aryl methyl sites for hydroxylation is 1. The molecule has 0 aliphatic carbocycles. The first-order valence-electron chi connectivity index (χ1n) is 11.3. The van der Waals surface area contributed by atoms with Crippen molar-refractivity contribution >= 4 is 17.0 Å². The first kappa shape index (κ1) is 21.4. The van der Waals surface area contributed by atoms with Gasteiger partial charge in [0.25, 0.3) is 0 Å². The van der Waals surface area contributed by atoms with Crippen LogP contribution in [0, 0.1) is 6.92 Å². The molecular formula is C24H29N7O2. The van der Waals surface area contributed by atoms with Gasteiger partial charge in [0.2, 0.25) is 0 Å². The van der Waals surface area contributed by atoms with E-state index in [2.05, 4.69) is 51.8 Å². The SMILES string of the molecule is Cc1cc(-c2ccn3nc(Nc4cnn(C(C)C)c4)cc3c2)c(OC[C@@H]2CNCCO2)cn1. The van der Waals surface area contributed by atoms with Gasteiger partial charge in [-0.1, -0.05) is 0 Å². The molecule has 0 radical (unpaired) electrons. The van der Waals surface area contributed by atoms with Crippen LogP contribution < -0.4 is 15.4 Å². The third-order valence-electron chi connectivity index (χ3n) is 5.61.